The van der Waals surface area contributed by atoms with Gasteiger partial charge >= 0.3 is 0 Å². The van der Waals surface area contributed by atoms with E-state index in [-0.39, 0.29) is 24.8 Å². The van der Waals surface area contributed by atoms with Crippen LogP contribution in [0.25, 0.3) is 10.6 Å². The molecule has 10 heteroatoms. The number of anilines is 2. The van der Waals surface area contributed by atoms with Gasteiger partial charge in [0.1, 0.15) is 10.8 Å². The SMILES string of the molecule is COc1ccc(N2CC(C(=O)Nc3nc(-c4sc(CO)nc4C)cs3)CC2=O)cc1. The number of nitrogens with zero attached hydrogens (tertiary/aromatic N) is 3. The van der Waals surface area contributed by atoms with Crippen molar-refractivity contribution in [2.24, 2.45) is 5.92 Å². The third-order valence-electron chi connectivity index (χ3n) is 4.82. The van der Waals surface area contributed by atoms with Gasteiger partial charge < -0.3 is 20.1 Å². The number of aryl methyl sites for hydroxylation is 1. The summed E-state index contributed by atoms with van der Waals surface area (Å²) in [6.45, 7) is 2.07. The molecule has 2 amide bonds. The molecule has 0 aliphatic carbocycles. The number of methoxy groups -OCH3 is 1. The number of benzene rings is 1. The van der Waals surface area contributed by atoms with E-state index in [1.807, 2.05) is 24.4 Å². The zero-order valence-corrected chi connectivity index (χ0v) is 18.0. The number of carbonyl (C=O) groups excluding carboxylic acids is 2. The van der Waals surface area contributed by atoms with E-state index in [1.165, 1.54) is 22.7 Å². The van der Waals surface area contributed by atoms with Crippen molar-refractivity contribution in [3.63, 3.8) is 0 Å². The topological polar surface area (TPSA) is 105 Å². The van der Waals surface area contributed by atoms with Crippen molar-refractivity contribution in [3.05, 3.63) is 40.3 Å². The number of carbonyl (C=O) groups is 2. The second-order valence-electron chi connectivity index (χ2n) is 6.81. The highest BCUT2D eigenvalue weighted by molar-refractivity contribution is 7.17. The van der Waals surface area contributed by atoms with Crippen molar-refractivity contribution in [3.8, 4) is 16.3 Å². The maximum Gasteiger partial charge on any atom is 0.231 e. The summed E-state index contributed by atoms with van der Waals surface area (Å²) in [5.74, 6) is -0.0473. The minimum atomic E-state index is -0.446. The highest BCUT2D eigenvalue weighted by Gasteiger charge is 2.35. The van der Waals surface area contributed by atoms with E-state index in [2.05, 4.69) is 15.3 Å². The van der Waals surface area contributed by atoms with Crippen molar-refractivity contribution in [2.45, 2.75) is 20.0 Å². The molecule has 1 aliphatic rings. The van der Waals surface area contributed by atoms with E-state index in [0.717, 1.165) is 16.3 Å². The first kappa shape index (κ1) is 20.5. The van der Waals surface area contributed by atoms with Crippen LogP contribution in [0.2, 0.25) is 0 Å². The molecule has 0 spiro atoms. The quantitative estimate of drug-likeness (QED) is 0.606. The molecule has 2 N–H and O–H groups in total. The molecule has 30 heavy (non-hydrogen) atoms. The summed E-state index contributed by atoms with van der Waals surface area (Å²) in [5.41, 5.74) is 2.25. The number of aliphatic hydroxyl groups excluding tert-OH is 1. The van der Waals surface area contributed by atoms with Crippen LogP contribution in [0.4, 0.5) is 10.8 Å². The highest BCUT2D eigenvalue weighted by atomic mass is 32.1. The molecule has 3 heterocycles. The Morgan fingerprint density at radius 3 is 2.77 bits per heavy atom. The zero-order chi connectivity index (χ0) is 21.3. The molecule has 1 atom stereocenters. The van der Waals surface area contributed by atoms with Gasteiger partial charge in [0.05, 0.1) is 35.9 Å². The van der Waals surface area contributed by atoms with Crippen LogP contribution >= 0.6 is 22.7 Å². The van der Waals surface area contributed by atoms with Gasteiger partial charge in [-0.25, -0.2) is 9.97 Å². The van der Waals surface area contributed by atoms with Crippen LogP contribution in [0, 0.1) is 12.8 Å². The standard InChI is InChI=1S/C20H20N4O4S2/c1-11-18(30-16(9-25)21-11)15-10-29-20(22-15)23-19(27)12-7-17(26)24(8-12)13-3-5-14(28-2)6-4-13/h3-6,10,12,25H,7-9H2,1-2H3,(H,22,23,27). The average molecular weight is 445 g/mol. The van der Waals surface area contributed by atoms with Crippen LogP contribution in [0.1, 0.15) is 17.1 Å². The predicted octanol–water partition coefficient (Wildman–Crippen LogP) is 3.07. The monoisotopic (exact) mass is 444 g/mol. The second kappa shape index (κ2) is 8.50. The fourth-order valence-corrected chi connectivity index (χ4v) is 4.96. The van der Waals surface area contributed by atoms with Gasteiger partial charge in [-0.05, 0) is 31.2 Å². The van der Waals surface area contributed by atoms with E-state index < -0.39 is 5.92 Å². The average Bonchev–Trinajstić information content (AvgIpc) is 3.46. The summed E-state index contributed by atoms with van der Waals surface area (Å²) in [6, 6.07) is 7.19. The Kier molecular flexibility index (Phi) is 5.80. The van der Waals surface area contributed by atoms with Gasteiger partial charge in [-0.15, -0.1) is 22.7 Å². The van der Waals surface area contributed by atoms with Crippen LogP contribution in [-0.4, -0.2) is 40.5 Å². The van der Waals surface area contributed by atoms with E-state index >= 15 is 0 Å². The number of hydrogen-bond donors (Lipinski definition) is 2. The summed E-state index contributed by atoms with van der Waals surface area (Å²) in [7, 11) is 1.59. The number of hydrogen-bond acceptors (Lipinski definition) is 8. The van der Waals surface area contributed by atoms with Gasteiger partial charge in [-0.2, -0.15) is 0 Å². The van der Waals surface area contributed by atoms with Crippen molar-refractivity contribution in [1.82, 2.24) is 9.97 Å². The summed E-state index contributed by atoms with van der Waals surface area (Å²) in [6.07, 6.45) is 0.157. The summed E-state index contributed by atoms with van der Waals surface area (Å²) >= 11 is 2.70. The lowest BCUT2D eigenvalue weighted by atomic mass is 10.1. The number of aromatic nitrogens is 2. The molecule has 4 rings (SSSR count). The first-order valence-electron chi connectivity index (χ1n) is 9.27. The predicted molar refractivity (Wildman–Crippen MR) is 116 cm³/mol. The van der Waals surface area contributed by atoms with E-state index in [1.54, 1.807) is 24.1 Å². The Balaban J connectivity index is 1.42. The first-order valence-corrected chi connectivity index (χ1v) is 11.0. The number of thiazole rings is 2. The molecular formula is C20H20N4O4S2. The smallest absolute Gasteiger partial charge is 0.231 e. The lowest BCUT2D eigenvalue weighted by Crippen LogP contribution is -2.28. The van der Waals surface area contributed by atoms with E-state index in [4.69, 9.17) is 4.74 Å². The van der Waals surface area contributed by atoms with Crippen molar-refractivity contribution in [1.29, 1.82) is 0 Å². The third kappa shape index (κ3) is 4.07. The highest BCUT2D eigenvalue weighted by Crippen LogP contribution is 2.33. The number of ether oxygens (including phenoxy) is 1. The molecule has 8 nitrogen and oxygen atoms in total. The molecule has 1 saturated heterocycles. The Hall–Kier alpha value is -2.82. The van der Waals surface area contributed by atoms with Gasteiger partial charge in [-0.3, -0.25) is 9.59 Å². The van der Waals surface area contributed by atoms with Gasteiger partial charge in [0.25, 0.3) is 0 Å². The number of rotatable bonds is 6. The Morgan fingerprint density at radius 2 is 2.10 bits per heavy atom. The van der Waals surface area contributed by atoms with Crippen LogP contribution in [0.3, 0.4) is 0 Å². The van der Waals surface area contributed by atoms with Gasteiger partial charge in [0, 0.05) is 24.0 Å². The minimum absolute atomic E-state index is 0.0861. The molecule has 156 valence electrons. The molecule has 1 unspecified atom stereocenters. The molecule has 0 bridgehead atoms. The summed E-state index contributed by atoms with van der Waals surface area (Å²) in [4.78, 5) is 36.4. The largest absolute Gasteiger partial charge is 0.497 e. The molecule has 1 fully saturated rings. The van der Waals surface area contributed by atoms with Crippen LogP contribution in [0.5, 0.6) is 5.75 Å². The summed E-state index contributed by atoms with van der Waals surface area (Å²) in [5, 5.41) is 15.0. The number of amides is 2. The van der Waals surface area contributed by atoms with E-state index in [9.17, 15) is 14.7 Å². The molecule has 0 saturated carbocycles. The van der Waals surface area contributed by atoms with Gasteiger partial charge in [0.15, 0.2) is 5.13 Å². The second-order valence-corrected chi connectivity index (χ2v) is 8.75. The minimum Gasteiger partial charge on any atom is -0.497 e. The molecule has 1 aliphatic heterocycles. The lowest BCUT2D eigenvalue weighted by molar-refractivity contribution is -0.122. The fourth-order valence-electron chi connectivity index (χ4n) is 3.30. The summed E-state index contributed by atoms with van der Waals surface area (Å²) < 4.78 is 5.14. The maximum atomic E-state index is 12.7. The molecule has 3 aromatic rings. The fraction of sp³-hybridized carbons (Fsp3) is 0.300. The van der Waals surface area contributed by atoms with Crippen LogP contribution in [-0.2, 0) is 16.2 Å². The number of aliphatic hydroxyl groups is 1. The molecule has 0 radical (unpaired) electrons. The van der Waals surface area contributed by atoms with Gasteiger partial charge in [-0.1, -0.05) is 0 Å². The number of nitrogens with one attached hydrogen (secondary N) is 1. The zero-order valence-electron chi connectivity index (χ0n) is 16.4. The van der Waals surface area contributed by atoms with Crippen molar-refractivity contribution in [2.75, 3.05) is 23.9 Å². The third-order valence-corrected chi connectivity index (χ3v) is 6.75. The van der Waals surface area contributed by atoms with Crippen molar-refractivity contribution < 1.29 is 19.4 Å². The molecular weight excluding hydrogens is 424 g/mol. The van der Waals surface area contributed by atoms with Crippen molar-refractivity contribution >= 4 is 45.3 Å². The molecule has 1 aromatic carbocycles. The first-order chi connectivity index (χ1) is 14.5. The Labute approximate surface area is 181 Å². The van der Waals surface area contributed by atoms with Crippen LogP contribution in [0.15, 0.2) is 29.6 Å². The lowest BCUT2D eigenvalue weighted by Gasteiger charge is -2.16. The normalized spacial score (nSPS) is 16.2. The Bertz CT molecular complexity index is 1080. The van der Waals surface area contributed by atoms with Gasteiger partial charge in [0.2, 0.25) is 11.8 Å². The Morgan fingerprint density at radius 1 is 1.33 bits per heavy atom. The van der Waals surface area contributed by atoms with E-state index in [0.29, 0.717) is 28.1 Å². The molecule has 2 aromatic heterocycles. The maximum absolute atomic E-state index is 12.7. The van der Waals surface area contributed by atoms with Crippen LogP contribution < -0.4 is 15.0 Å².